The number of rotatable bonds is 3. The van der Waals surface area contributed by atoms with Gasteiger partial charge < -0.3 is 14.4 Å². The maximum Gasteiger partial charge on any atom is 0.410 e. The van der Waals surface area contributed by atoms with E-state index in [1.54, 1.807) is 0 Å². The average molecular weight is 473 g/mol. The molecule has 0 N–H and O–H groups in total. The third-order valence-electron chi connectivity index (χ3n) is 5.61. The van der Waals surface area contributed by atoms with Gasteiger partial charge in [-0.3, -0.25) is 4.90 Å². The molecule has 1 aliphatic heterocycles. The lowest BCUT2D eigenvalue weighted by molar-refractivity contribution is 0.00823. The van der Waals surface area contributed by atoms with E-state index >= 15 is 0 Å². The molecule has 1 heterocycles. The molecule has 1 aliphatic carbocycles. The van der Waals surface area contributed by atoms with Crippen LogP contribution in [0.1, 0.15) is 52.9 Å². The zero-order valence-electron chi connectivity index (χ0n) is 19.9. The second-order valence-electron chi connectivity index (χ2n) is 9.36. The van der Waals surface area contributed by atoms with E-state index in [0.717, 1.165) is 44.5 Å². The van der Waals surface area contributed by atoms with Gasteiger partial charge in [0, 0.05) is 38.5 Å². The fourth-order valence-electron chi connectivity index (χ4n) is 3.92. The minimum Gasteiger partial charge on any atom is -0.494 e. The highest BCUT2D eigenvalue weighted by Crippen LogP contribution is 2.24. The lowest BCUT2D eigenvalue weighted by atomic mass is 9.94. The van der Waals surface area contributed by atoms with Crippen LogP contribution < -0.4 is 4.74 Å². The first kappa shape index (κ1) is 26.4. The highest BCUT2D eigenvalue weighted by Gasteiger charge is 2.29. The van der Waals surface area contributed by atoms with Gasteiger partial charge >= 0.3 is 6.09 Å². The molecule has 1 aromatic rings. The molecule has 9 heteroatoms. The molecule has 1 amide bonds. The van der Waals surface area contributed by atoms with Gasteiger partial charge in [-0.25, -0.2) is 17.6 Å². The van der Waals surface area contributed by atoms with E-state index in [1.807, 2.05) is 25.7 Å². The summed E-state index contributed by atoms with van der Waals surface area (Å²) >= 11 is 0. The van der Waals surface area contributed by atoms with Gasteiger partial charge in [-0.05, 0) is 51.8 Å². The van der Waals surface area contributed by atoms with Crippen molar-refractivity contribution in [3.05, 3.63) is 24.0 Å². The van der Waals surface area contributed by atoms with Crippen LogP contribution in [0.4, 0.5) is 9.18 Å². The topological polar surface area (TPSA) is 76.2 Å². The minimum absolute atomic E-state index is 0.0346. The summed E-state index contributed by atoms with van der Waals surface area (Å²) in [6.07, 6.45) is 7.69. The van der Waals surface area contributed by atoms with Crippen molar-refractivity contribution in [2.24, 2.45) is 0 Å². The molecule has 3 rings (SSSR count). The number of carbonyl (C=O) groups excluding carboxylic acids is 1. The van der Waals surface area contributed by atoms with Gasteiger partial charge in [0.2, 0.25) is 0 Å². The summed E-state index contributed by atoms with van der Waals surface area (Å²) in [5, 5.41) is 0. The molecular formula is C23H37FN2O5S. The molecule has 2 aliphatic rings. The van der Waals surface area contributed by atoms with E-state index in [4.69, 9.17) is 4.74 Å². The van der Waals surface area contributed by atoms with E-state index in [9.17, 15) is 17.6 Å². The maximum absolute atomic E-state index is 13.0. The Kier molecular flexibility index (Phi) is 9.33. The molecule has 7 nitrogen and oxygen atoms in total. The molecule has 0 radical (unpaired) electrons. The van der Waals surface area contributed by atoms with Crippen LogP contribution in [0.15, 0.2) is 23.1 Å². The number of halogens is 1. The van der Waals surface area contributed by atoms with Gasteiger partial charge in [0.15, 0.2) is 21.4 Å². The van der Waals surface area contributed by atoms with Crippen molar-refractivity contribution >= 4 is 15.9 Å². The molecule has 0 bridgehead atoms. The highest BCUT2D eigenvalue weighted by molar-refractivity contribution is 7.90. The summed E-state index contributed by atoms with van der Waals surface area (Å²) in [5.74, 6) is -0.641. The number of methoxy groups -OCH3 is 1. The zero-order valence-corrected chi connectivity index (χ0v) is 20.7. The number of benzene rings is 1. The number of hydrogen-bond acceptors (Lipinski definition) is 6. The molecule has 32 heavy (non-hydrogen) atoms. The first-order valence-electron chi connectivity index (χ1n) is 11.2. The normalized spacial score (nSPS) is 18.5. The third kappa shape index (κ3) is 8.24. The first-order valence-corrected chi connectivity index (χ1v) is 13.1. The Hall–Kier alpha value is -1.87. The SMILES string of the molecule is CC(C)(C)OC(=O)N1CCN(C2CCCCC2)CC1.COc1ccc(S(C)(=O)=O)cc1F. The monoisotopic (exact) mass is 472 g/mol. The quantitative estimate of drug-likeness (QED) is 0.659. The van der Waals surface area contributed by atoms with Crippen LogP contribution in [0, 0.1) is 5.82 Å². The summed E-state index contributed by atoms with van der Waals surface area (Å²) in [5.41, 5.74) is -0.391. The van der Waals surface area contributed by atoms with Crippen LogP contribution in [0.2, 0.25) is 0 Å². The van der Waals surface area contributed by atoms with E-state index in [0.29, 0.717) is 0 Å². The van der Waals surface area contributed by atoms with Crippen LogP contribution in [0.3, 0.4) is 0 Å². The molecule has 1 saturated heterocycles. The molecule has 0 atom stereocenters. The number of nitrogens with zero attached hydrogens (tertiary/aromatic N) is 2. The van der Waals surface area contributed by atoms with Gasteiger partial charge in [-0.2, -0.15) is 0 Å². The minimum atomic E-state index is -3.35. The van der Waals surface area contributed by atoms with Crippen LogP contribution in [0.5, 0.6) is 5.75 Å². The Morgan fingerprint density at radius 1 is 1.06 bits per heavy atom. The van der Waals surface area contributed by atoms with E-state index < -0.39 is 21.3 Å². The number of ether oxygens (including phenoxy) is 2. The van der Waals surface area contributed by atoms with Gasteiger partial charge in [-0.15, -0.1) is 0 Å². The number of carbonyl (C=O) groups is 1. The molecular weight excluding hydrogens is 435 g/mol. The van der Waals surface area contributed by atoms with Crippen LogP contribution in [0.25, 0.3) is 0 Å². The smallest absolute Gasteiger partial charge is 0.410 e. The third-order valence-corrected chi connectivity index (χ3v) is 6.72. The van der Waals surface area contributed by atoms with Gasteiger partial charge in [0.05, 0.1) is 12.0 Å². The van der Waals surface area contributed by atoms with Crippen molar-refractivity contribution < 1.29 is 27.1 Å². The first-order chi connectivity index (χ1) is 14.9. The summed E-state index contributed by atoms with van der Waals surface area (Å²) < 4.78 is 45.0. The number of sulfone groups is 1. The van der Waals surface area contributed by atoms with Crippen LogP contribution in [-0.2, 0) is 14.6 Å². The number of piperazine rings is 1. The van der Waals surface area contributed by atoms with Crippen molar-refractivity contribution in [2.45, 2.75) is 69.4 Å². The summed E-state index contributed by atoms with van der Waals surface area (Å²) in [7, 11) is -2.03. The largest absolute Gasteiger partial charge is 0.494 e. The predicted octanol–water partition coefficient (Wildman–Crippen LogP) is 4.11. The van der Waals surface area contributed by atoms with Crippen LogP contribution in [-0.4, -0.2) is 75.5 Å². The lowest BCUT2D eigenvalue weighted by Crippen LogP contribution is -2.53. The van der Waals surface area contributed by atoms with E-state index in [1.165, 1.54) is 51.3 Å². The predicted molar refractivity (Wildman–Crippen MR) is 122 cm³/mol. The Morgan fingerprint density at radius 3 is 2.12 bits per heavy atom. The van der Waals surface area contributed by atoms with Crippen molar-refractivity contribution in [2.75, 3.05) is 39.5 Å². The molecule has 0 unspecified atom stereocenters. The van der Waals surface area contributed by atoms with Crippen LogP contribution >= 0.6 is 0 Å². The number of hydrogen-bond donors (Lipinski definition) is 0. The molecule has 0 aromatic heterocycles. The Morgan fingerprint density at radius 2 is 1.66 bits per heavy atom. The van der Waals surface area contributed by atoms with Gasteiger partial charge in [-0.1, -0.05) is 19.3 Å². The summed E-state index contributed by atoms with van der Waals surface area (Å²) in [6, 6.07) is 4.28. The van der Waals surface area contributed by atoms with E-state index in [-0.39, 0.29) is 16.7 Å². The fraction of sp³-hybridized carbons (Fsp3) is 0.696. The lowest BCUT2D eigenvalue weighted by Gasteiger charge is -2.40. The zero-order chi connectivity index (χ0) is 23.9. The summed E-state index contributed by atoms with van der Waals surface area (Å²) in [4.78, 5) is 16.4. The fourth-order valence-corrected chi connectivity index (χ4v) is 4.55. The highest BCUT2D eigenvalue weighted by atomic mass is 32.2. The Bertz CT molecular complexity index is 856. The van der Waals surface area contributed by atoms with Crippen molar-refractivity contribution in [1.82, 2.24) is 9.80 Å². The van der Waals surface area contributed by atoms with Gasteiger partial charge in [0.25, 0.3) is 0 Å². The second kappa shape index (κ2) is 11.3. The molecule has 182 valence electrons. The van der Waals surface area contributed by atoms with Crippen molar-refractivity contribution in [1.29, 1.82) is 0 Å². The van der Waals surface area contributed by atoms with Crippen molar-refractivity contribution in [3.8, 4) is 5.75 Å². The summed E-state index contributed by atoms with van der Waals surface area (Å²) in [6.45, 7) is 9.39. The van der Waals surface area contributed by atoms with Crippen molar-refractivity contribution in [3.63, 3.8) is 0 Å². The molecule has 1 saturated carbocycles. The average Bonchev–Trinajstić information content (AvgIpc) is 2.73. The molecule has 2 fully saturated rings. The molecule has 1 aromatic carbocycles. The maximum atomic E-state index is 13.0. The Balaban J connectivity index is 0.000000244. The second-order valence-corrected chi connectivity index (χ2v) is 11.4. The van der Waals surface area contributed by atoms with E-state index in [2.05, 4.69) is 9.64 Å². The van der Waals surface area contributed by atoms with Gasteiger partial charge in [0.1, 0.15) is 5.60 Å². The molecule has 0 spiro atoms. The number of amides is 1. The standard InChI is InChI=1S/C15H28N2O2.C8H9FO3S/c1-15(2,3)19-14(18)17-11-9-16(10-12-17)13-7-5-4-6-8-13;1-12-8-4-3-6(5-7(8)9)13(2,10)11/h13H,4-12H2,1-3H3;3-5H,1-2H3. The Labute approximate surface area is 191 Å².